The molecule has 84 heavy (non-hydrogen) atoms. The number of carbonyl (C=O) groups is 2. The van der Waals surface area contributed by atoms with E-state index in [4.69, 9.17) is 0 Å². The minimum atomic E-state index is -4.60. The molecule has 9 rings (SSSR count). The zero-order valence-electron chi connectivity index (χ0n) is 43.9. The Labute approximate surface area is 475 Å². The Balaban J connectivity index is 0.000000223. The molecule has 0 aliphatic carbocycles. The van der Waals surface area contributed by atoms with Gasteiger partial charge in [0.25, 0.3) is 0 Å². The number of aryl methyl sites for hydroxylation is 2. The highest BCUT2D eigenvalue weighted by Gasteiger charge is 2.45. The van der Waals surface area contributed by atoms with Crippen molar-refractivity contribution >= 4 is 47.4 Å². The smallest absolute Gasteiger partial charge is 0.357 e. The van der Waals surface area contributed by atoms with Gasteiger partial charge in [0.2, 0.25) is 41.0 Å². The Bertz CT molecular complexity index is 3850. The molecule has 5 aromatic carbocycles. The molecule has 2 saturated heterocycles. The Hall–Kier alpha value is -7.53. The highest BCUT2D eigenvalue weighted by Crippen LogP contribution is 2.35. The largest absolute Gasteiger partial charge is 0.416 e. The average molecular weight is 1230 g/mol. The molecule has 4 heterocycles. The number of ketones is 2. The number of alkyl halides is 8. The summed E-state index contributed by atoms with van der Waals surface area (Å²) >= 11 is 0. The van der Waals surface area contributed by atoms with Crippen LogP contribution in [0.5, 0.6) is 0 Å². The predicted molar refractivity (Wildman–Crippen MR) is 286 cm³/mol. The molecule has 4 atom stereocenters. The first-order valence-electron chi connectivity index (χ1n) is 25.5. The number of halogens is 10. The number of sulfone groups is 1. The molecule has 2 aliphatic heterocycles. The monoisotopic (exact) mass is 1230 g/mol. The fourth-order valence-corrected chi connectivity index (χ4v) is 13.8. The van der Waals surface area contributed by atoms with Gasteiger partial charge in [-0.25, -0.2) is 62.8 Å². The number of nitrogens with one attached hydrogen (secondary N) is 1. The lowest BCUT2D eigenvalue weighted by Crippen LogP contribution is -2.40. The Morgan fingerprint density at radius 2 is 0.952 bits per heavy atom. The van der Waals surface area contributed by atoms with Gasteiger partial charge in [-0.3, -0.25) is 9.59 Å². The summed E-state index contributed by atoms with van der Waals surface area (Å²) in [5, 5.41) is 2.15. The molecule has 0 amide bonds. The van der Waals surface area contributed by atoms with E-state index in [-0.39, 0.29) is 64.8 Å². The van der Waals surface area contributed by atoms with E-state index in [0.29, 0.717) is 22.5 Å². The van der Waals surface area contributed by atoms with Crippen molar-refractivity contribution < 1.29 is 78.7 Å². The standard InChI is InChI=1S/C31H26F5N3O5S2.C25H23F5N4O3S/c32-23-10-13-26(14-11-23)46(43,44)39-18-24(33)16-28(39)29(40)15-12-25-17-27(21-6-8-22(9-7-21)31(34,35)36)38-30(37-25)45(41,42)19-20-4-2-1-3-5-20;1-31-24-32-19(13-21(33-24)15-2-4-16(5-3-15)25(28,29)30)8-11-23(35)22-12-18(27)14-34(22)38(36,37)20-9-6-17(26)7-10-20/h1-11,13-14,17,24,28H,12,15-16,18-19H2;2-7,9-10,13,18,22H,8,11-12,14H2,1H3,(H,31,32,33)/t24-,28+;18-,22+/m11/s1. The van der Waals surface area contributed by atoms with Crippen LogP contribution in [0, 0.1) is 11.6 Å². The van der Waals surface area contributed by atoms with Crippen molar-refractivity contribution in [3.8, 4) is 22.5 Å². The van der Waals surface area contributed by atoms with Crippen LogP contribution < -0.4 is 5.32 Å². The second-order valence-electron chi connectivity index (χ2n) is 19.4. The van der Waals surface area contributed by atoms with Crippen LogP contribution in [0.25, 0.3) is 22.5 Å². The summed E-state index contributed by atoms with van der Waals surface area (Å²) in [5.41, 5.74) is 0.0153. The number of rotatable bonds is 18. The lowest BCUT2D eigenvalue weighted by Gasteiger charge is -2.22. The number of aromatic nitrogens is 4. The minimum Gasteiger partial charge on any atom is -0.357 e. The lowest BCUT2D eigenvalue weighted by atomic mass is 10.0. The predicted octanol–water partition coefficient (Wildman–Crippen LogP) is 10.2. The van der Waals surface area contributed by atoms with E-state index in [1.54, 1.807) is 37.4 Å². The van der Waals surface area contributed by atoms with Gasteiger partial charge in [0.15, 0.2) is 11.6 Å². The topological polar surface area (TPSA) is 207 Å². The maximum atomic E-state index is 14.5. The van der Waals surface area contributed by atoms with Crippen LogP contribution in [0.15, 0.2) is 154 Å². The first-order chi connectivity index (χ1) is 39.5. The molecule has 2 aliphatic rings. The van der Waals surface area contributed by atoms with E-state index in [2.05, 4.69) is 25.3 Å². The Morgan fingerprint density at radius 3 is 1.36 bits per heavy atom. The summed E-state index contributed by atoms with van der Waals surface area (Å²) in [7, 11) is -11.2. The van der Waals surface area contributed by atoms with Crippen LogP contribution in [-0.2, 0) is 70.4 Å². The van der Waals surface area contributed by atoms with E-state index in [1.165, 1.54) is 24.3 Å². The van der Waals surface area contributed by atoms with E-state index < -0.39 is 131 Å². The van der Waals surface area contributed by atoms with Gasteiger partial charge in [-0.2, -0.15) is 35.0 Å². The quantitative estimate of drug-likeness (QED) is 0.0628. The number of anilines is 1. The fraction of sp³-hybridized carbons (Fsp3) is 0.286. The molecule has 0 radical (unpaired) electrons. The molecule has 7 aromatic rings. The van der Waals surface area contributed by atoms with Crippen molar-refractivity contribution in [2.24, 2.45) is 0 Å². The van der Waals surface area contributed by atoms with Crippen LogP contribution >= 0.6 is 0 Å². The van der Waals surface area contributed by atoms with Gasteiger partial charge in [0.05, 0.1) is 50.1 Å². The molecular weight excluding hydrogens is 1180 g/mol. The molecule has 1 N–H and O–H groups in total. The number of hydrogen-bond donors (Lipinski definition) is 1. The van der Waals surface area contributed by atoms with E-state index >= 15 is 0 Å². The third-order valence-electron chi connectivity index (χ3n) is 13.5. The average Bonchev–Trinajstić information content (AvgIpc) is 3.65. The van der Waals surface area contributed by atoms with Gasteiger partial charge in [0.1, 0.15) is 24.0 Å². The summed E-state index contributed by atoms with van der Waals surface area (Å²) in [6, 6.07) is 24.7. The van der Waals surface area contributed by atoms with Crippen LogP contribution in [0.2, 0.25) is 0 Å². The third-order valence-corrected chi connectivity index (χ3v) is 18.7. The van der Waals surface area contributed by atoms with Crippen molar-refractivity contribution in [2.45, 2.75) is 96.0 Å². The summed E-state index contributed by atoms with van der Waals surface area (Å²) in [5.74, 6) is -2.79. The number of nitrogens with zero attached hydrogens (tertiary/aromatic N) is 6. The first kappa shape index (κ1) is 62.5. The lowest BCUT2D eigenvalue weighted by molar-refractivity contribution is -0.138. The normalized spacial score (nSPS) is 18.0. The van der Waals surface area contributed by atoms with Crippen molar-refractivity contribution in [3.05, 3.63) is 179 Å². The second kappa shape index (κ2) is 25.4. The SMILES string of the molecule is CNc1nc(CCC(=O)[C@@H]2C[C@@H](F)CN2S(=O)(=O)c2ccc(F)cc2)cc(-c2ccc(C(F)(F)F)cc2)n1.O=C(CCc1cc(-c2ccc(C(F)(F)F)cc2)nc(S(=O)(=O)Cc2ccccc2)n1)[C@@H]1C[C@@H](F)CN1S(=O)(=O)c1ccc(F)cc1. The maximum Gasteiger partial charge on any atom is 0.416 e. The van der Waals surface area contributed by atoms with Crippen molar-refractivity contribution in [1.29, 1.82) is 0 Å². The zero-order chi connectivity index (χ0) is 60.9. The van der Waals surface area contributed by atoms with Crippen molar-refractivity contribution in [2.75, 3.05) is 25.5 Å². The van der Waals surface area contributed by atoms with Gasteiger partial charge < -0.3 is 5.32 Å². The van der Waals surface area contributed by atoms with Crippen molar-refractivity contribution in [1.82, 2.24) is 28.5 Å². The molecule has 0 unspecified atom stereocenters. The van der Waals surface area contributed by atoms with Gasteiger partial charge in [-0.15, -0.1) is 0 Å². The van der Waals surface area contributed by atoms with E-state index in [9.17, 15) is 78.7 Å². The zero-order valence-corrected chi connectivity index (χ0v) is 46.4. The number of carbonyl (C=O) groups excluding carboxylic acids is 2. The number of sulfonamides is 2. The van der Waals surface area contributed by atoms with Gasteiger partial charge in [-0.05, 0) is 103 Å². The minimum absolute atomic E-state index is 0.0111. The summed E-state index contributed by atoms with van der Waals surface area (Å²) < 4.78 is 214. The van der Waals surface area contributed by atoms with E-state index in [0.717, 1.165) is 93.5 Å². The molecule has 28 heteroatoms. The summed E-state index contributed by atoms with van der Waals surface area (Å²) in [6.07, 6.45) is -13.7. The summed E-state index contributed by atoms with van der Waals surface area (Å²) in [6.45, 7) is -1.07. The molecular formula is C56H49F10N7O8S3. The highest BCUT2D eigenvalue weighted by atomic mass is 32.2. The second-order valence-corrected chi connectivity index (χ2v) is 25.1. The molecule has 0 bridgehead atoms. The molecule has 0 saturated carbocycles. The molecule has 2 aromatic heterocycles. The molecule has 0 spiro atoms. The Kier molecular flexibility index (Phi) is 18.9. The van der Waals surface area contributed by atoms with Gasteiger partial charge in [0, 0.05) is 68.3 Å². The number of hydrogen-bond acceptors (Lipinski definition) is 13. The van der Waals surface area contributed by atoms with Crippen molar-refractivity contribution in [3.63, 3.8) is 0 Å². The molecule has 15 nitrogen and oxygen atoms in total. The Morgan fingerprint density at radius 1 is 0.548 bits per heavy atom. The summed E-state index contributed by atoms with van der Waals surface area (Å²) in [4.78, 5) is 42.6. The van der Waals surface area contributed by atoms with E-state index in [1.807, 2.05) is 0 Å². The first-order valence-corrected chi connectivity index (χ1v) is 30.0. The number of benzene rings is 5. The van der Waals surface area contributed by atoms with Crippen LogP contribution in [0.1, 0.15) is 53.8 Å². The van der Waals surface area contributed by atoms with Crippen LogP contribution in [-0.4, -0.2) is 110 Å². The highest BCUT2D eigenvalue weighted by molar-refractivity contribution is 7.90. The number of Topliss-reactive ketones (excluding diaryl/α,β-unsaturated/α-hetero) is 2. The van der Waals surface area contributed by atoms with Crippen LogP contribution in [0.3, 0.4) is 0 Å². The van der Waals surface area contributed by atoms with Crippen LogP contribution in [0.4, 0.5) is 49.9 Å². The third kappa shape index (κ3) is 15.0. The molecule has 444 valence electrons. The van der Waals surface area contributed by atoms with Gasteiger partial charge >= 0.3 is 12.4 Å². The van der Waals surface area contributed by atoms with Gasteiger partial charge in [-0.1, -0.05) is 54.6 Å². The maximum absolute atomic E-state index is 14.5. The molecule has 2 fully saturated rings. The fourth-order valence-electron chi connectivity index (χ4n) is 9.24.